The first kappa shape index (κ1) is 17.9. The van der Waals surface area contributed by atoms with Crippen LogP contribution in [0.15, 0.2) is 24.3 Å². The molecule has 0 spiro atoms. The van der Waals surface area contributed by atoms with Crippen LogP contribution in [0.1, 0.15) is 24.0 Å². The zero-order valence-electron chi connectivity index (χ0n) is 11.7. The normalized spacial score (nSPS) is 18.5. The lowest BCUT2D eigenvalue weighted by Gasteiger charge is -2.22. The van der Waals surface area contributed by atoms with Gasteiger partial charge in [-0.2, -0.15) is 5.26 Å². The largest absolute Gasteiger partial charge is 0.316 e. The molecule has 1 unspecified atom stereocenters. The van der Waals surface area contributed by atoms with Crippen molar-refractivity contribution >= 4 is 22.4 Å². The molecule has 0 amide bonds. The van der Waals surface area contributed by atoms with E-state index in [0.29, 0.717) is 23.6 Å². The fourth-order valence-corrected chi connectivity index (χ4v) is 3.55. The summed E-state index contributed by atoms with van der Waals surface area (Å²) in [7, 11) is -3.35. The van der Waals surface area contributed by atoms with Crippen molar-refractivity contribution in [3.8, 4) is 6.07 Å². The predicted octanol–water partition coefficient (Wildman–Crippen LogP) is 1.40. The highest BCUT2D eigenvalue weighted by Crippen LogP contribution is 2.11. The van der Waals surface area contributed by atoms with Crippen molar-refractivity contribution in [2.45, 2.75) is 18.6 Å². The van der Waals surface area contributed by atoms with Gasteiger partial charge in [-0.25, -0.2) is 13.1 Å². The van der Waals surface area contributed by atoms with Crippen LogP contribution >= 0.6 is 12.4 Å². The smallest absolute Gasteiger partial charge is 0.215 e. The van der Waals surface area contributed by atoms with Gasteiger partial charge in [-0.3, -0.25) is 0 Å². The molecule has 7 heteroatoms. The van der Waals surface area contributed by atoms with Crippen LogP contribution in [0, 0.1) is 17.2 Å². The molecule has 116 valence electrons. The minimum atomic E-state index is -3.35. The van der Waals surface area contributed by atoms with E-state index in [9.17, 15) is 8.42 Å². The summed E-state index contributed by atoms with van der Waals surface area (Å²) < 4.78 is 26.7. The highest BCUT2D eigenvalue weighted by molar-refractivity contribution is 7.88. The molecule has 1 aliphatic rings. The third-order valence-corrected chi connectivity index (χ3v) is 4.72. The summed E-state index contributed by atoms with van der Waals surface area (Å²) in [6, 6.07) is 8.72. The van der Waals surface area contributed by atoms with Gasteiger partial charge in [-0.1, -0.05) is 12.1 Å². The van der Waals surface area contributed by atoms with Gasteiger partial charge in [0.1, 0.15) is 0 Å². The zero-order valence-corrected chi connectivity index (χ0v) is 13.3. The average molecular weight is 330 g/mol. The monoisotopic (exact) mass is 329 g/mol. The fourth-order valence-electron chi connectivity index (χ4n) is 2.34. The Balaban J connectivity index is 0.00000220. The number of sulfonamides is 1. The predicted molar refractivity (Wildman–Crippen MR) is 84.6 cm³/mol. The zero-order chi connectivity index (χ0) is 14.4. The molecule has 1 aliphatic heterocycles. The van der Waals surface area contributed by atoms with Gasteiger partial charge in [0.15, 0.2) is 0 Å². The molecule has 1 heterocycles. The van der Waals surface area contributed by atoms with E-state index < -0.39 is 10.0 Å². The molecule has 2 rings (SSSR count). The molecular weight excluding hydrogens is 310 g/mol. The van der Waals surface area contributed by atoms with Crippen LogP contribution in [-0.4, -0.2) is 28.1 Å². The molecule has 1 atom stereocenters. The van der Waals surface area contributed by atoms with E-state index >= 15 is 0 Å². The van der Waals surface area contributed by atoms with Crippen LogP contribution < -0.4 is 10.0 Å². The molecule has 1 aromatic rings. The number of benzene rings is 1. The number of piperidine rings is 1. The Morgan fingerprint density at radius 3 is 2.90 bits per heavy atom. The van der Waals surface area contributed by atoms with E-state index in [0.717, 1.165) is 25.9 Å². The van der Waals surface area contributed by atoms with Crippen molar-refractivity contribution < 1.29 is 8.42 Å². The van der Waals surface area contributed by atoms with Crippen molar-refractivity contribution in [1.82, 2.24) is 10.0 Å². The maximum absolute atomic E-state index is 12.0. The minimum absolute atomic E-state index is 0. The quantitative estimate of drug-likeness (QED) is 0.855. The van der Waals surface area contributed by atoms with Crippen molar-refractivity contribution in [3.63, 3.8) is 0 Å². The van der Waals surface area contributed by atoms with Gasteiger partial charge in [0.25, 0.3) is 0 Å². The number of hydrogen-bond acceptors (Lipinski definition) is 4. The molecule has 0 bridgehead atoms. The van der Waals surface area contributed by atoms with E-state index in [4.69, 9.17) is 5.26 Å². The first-order valence-electron chi connectivity index (χ1n) is 6.76. The van der Waals surface area contributed by atoms with Crippen LogP contribution in [0.2, 0.25) is 0 Å². The Bertz CT molecular complexity index is 592. The lowest BCUT2D eigenvalue weighted by Crippen LogP contribution is -2.38. The number of halogens is 1. The highest BCUT2D eigenvalue weighted by atomic mass is 35.5. The van der Waals surface area contributed by atoms with Crippen LogP contribution in [0.4, 0.5) is 0 Å². The summed E-state index contributed by atoms with van der Waals surface area (Å²) in [4.78, 5) is 0. The van der Waals surface area contributed by atoms with E-state index in [1.807, 2.05) is 6.07 Å². The first-order chi connectivity index (χ1) is 9.59. The van der Waals surface area contributed by atoms with Crippen LogP contribution in [-0.2, 0) is 15.8 Å². The molecule has 5 nitrogen and oxygen atoms in total. The van der Waals surface area contributed by atoms with Crippen LogP contribution in [0.25, 0.3) is 0 Å². The number of rotatable bonds is 5. The van der Waals surface area contributed by atoms with E-state index in [2.05, 4.69) is 10.0 Å². The summed E-state index contributed by atoms with van der Waals surface area (Å²) in [6.45, 7) is 2.36. The van der Waals surface area contributed by atoms with Gasteiger partial charge in [0.05, 0.1) is 17.4 Å². The van der Waals surface area contributed by atoms with Crippen molar-refractivity contribution in [2.24, 2.45) is 5.92 Å². The second kappa shape index (κ2) is 8.35. The summed E-state index contributed by atoms with van der Waals surface area (Å²) in [5.41, 5.74) is 1.12. The average Bonchev–Trinajstić information content (AvgIpc) is 2.46. The minimum Gasteiger partial charge on any atom is -0.316 e. The molecule has 1 fully saturated rings. The van der Waals surface area contributed by atoms with Crippen molar-refractivity contribution in [1.29, 1.82) is 5.26 Å². The molecule has 0 aromatic heterocycles. The first-order valence-corrected chi connectivity index (χ1v) is 8.41. The Hall–Kier alpha value is -1.13. The van der Waals surface area contributed by atoms with Gasteiger partial charge in [-0.15, -0.1) is 12.4 Å². The molecule has 21 heavy (non-hydrogen) atoms. The summed E-state index contributed by atoms with van der Waals surface area (Å²) in [5, 5.41) is 12.1. The van der Waals surface area contributed by atoms with Crippen LogP contribution in [0.5, 0.6) is 0 Å². The Labute approximate surface area is 132 Å². The van der Waals surface area contributed by atoms with Gasteiger partial charge in [0.2, 0.25) is 10.0 Å². The summed E-state index contributed by atoms with van der Waals surface area (Å²) in [6.07, 6.45) is 2.15. The fraction of sp³-hybridized carbons (Fsp3) is 0.500. The lowest BCUT2D eigenvalue weighted by atomic mass is 10.0. The molecule has 0 aliphatic carbocycles. The number of nitrogens with zero attached hydrogens (tertiary/aromatic N) is 1. The number of nitrogens with one attached hydrogen (secondary N) is 2. The van der Waals surface area contributed by atoms with Gasteiger partial charge in [0, 0.05) is 6.54 Å². The molecule has 1 aromatic carbocycles. The maximum atomic E-state index is 12.0. The summed E-state index contributed by atoms with van der Waals surface area (Å²) >= 11 is 0. The second-order valence-corrected chi connectivity index (χ2v) is 6.94. The molecule has 1 saturated heterocycles. The highest BCUT2D eigenvalue weighted by Gasteiger charge is 2.17. The topological polar surface area (TPSA) is 82.0 Å². The molecule has 0 saturated carbocycles. The Morgan fingerprint density at radius 1 is 1.43 bits per heavy atom. The van der Waals surface area contributed by atoms with E-state index in [1.165, 1.54) is 0 Å². The molecule has 0 radical (unpaired) electrons. The van der Waals surface area contributed by atoms with E-state index in [-0.39, 0.29) is 18.2 Å². The number of nitriles is 1. The Kier molecular flexibility index (Phi) is 7.12. The van der Waals surface area contributed by atoms with Gasteiger partial charge >= 0.3 is 0 Å². The maximum Gasteiger partial charge on any atom is 0.215 e. The van der Waals surface area contributed by atoms with Crippen molar-refractivity contribution in [2.75, 3.05) is 19.6 Å². The van der Waals surface area contributed by atoms with E-state index in [1.54, 1.807) is 24.3 Å². The van der Waals surface area contributed by atoms with Gasteiger partial charge in [-0.05, 0) is 49.5 Å². The number of hydrogen-bond donors (Lipinski definition) is 2. The third-order valence-electron chi connectivity index (χ3n) is 3.40. The Morgan fingerprint density at radius 2 is 2.24 bits per heavy atom. The van der Waals surface area contributed by atoms with Crippen molar-refractivity contribution in [3.05, 3.63) is 35.4 Å². The molecular formula is C14H20ClN3O2S. The second-order valence-electron chi connectivity index (χ2n) is 5.13. The summed E-state index contributed by atoms with van der Waals surface area (Å²) in [5.74, 6) is 0.284. The standard InChI is InChI=1S/C14H19N3O2S.ClH/c15-8-12-3-1-4-13(7-12)11-20(18,19)17-10-14-5-2-6-16-9-14;/h1,3-4,7,14,16-17H,2,5-6,9-11H2;1H. The van der Waals surface area contributed by atoms with Crippen LogP contribution in [0.3, 0.4) is 0 Å². The third kappa shape index (κ3) is 6.02. The SMILES string of the molecule is Cl.N#Cc1cccc(CS(=O)(=O)NCC2CCCNC2)c1. The lowest BCUT2D eigenvalue weighted by molar-refractivity contribution is 0.376. The van der Waals surface area contributed by atoms with Gasteiger partial charge < -0.3 is 5.32 Å². The molecule has 2 N–H and O–H groups in total.